The molecular formula is C15H13NO2. The summed E-state index contributed by atoms with van der Waals surface area (Å²) >= 11 is 0. The largest absolute Gasteiger partial charge is 0.372 e. The minimum atomic E-state index is -1.58. The van der Waals surface area contributed by atoms with Gasteiger partial charge in [0.15, 0.2) is 5.60 Å². The van der Waals surface area contributed by atoms with E-state index in [0.717, 1.165) is 5.56 Å². The molecule has 3 heteroatoms. The lowest BCUT2D eigenvalue weighted by Gasteiger charge is -2.23. The smallest absolute Gasteiger partial charge is 0.265 e. The number of fused-ring (bicyclic) bond motifs is 1. The van der Waals surface area contributed by atoms with Gasteiger partial charge in [0.25, 0.3) is 5.91 Å². The monoisotopic (exact) mass is 239 g/mol. The number of hydrogen-bond donors (Lipinski definition) is 2. The molecule has 3 nitrogen and oxygen atoms in total. The van der Waals surface area contributed by atoms with Crippen molar-refractivity contribution in [1.82, 2.24) is 0 Å². The van der Waals surface area contributed by atoms with Crippen LogP contribution < -0.4 is 5.32 Å². The summed E-state index contributed by atoms with van der Waals surface area (Å²) in [4.78, 5) is 12.1. The van der Waals surface area contributed by atoms with Gasteiger partial charge in [0.05, 0.1) is 0 Å². The number of para-hydroxylation sites is 1. The average Bonchev–Trinajstić information content (AvgIpc) is 2.63. The third-order valence-corrected chi connectivity index (χ3v) is 3.43. The Balaban J connectivity index is 2.27. The van der Waals surface area contributed by atoms with Crippen LogP contribution in [-0.4, -0.2) is 11.0 Å². The molecule has 0 aromatic heterocycles. The highest BCUT2D eigenvalue weighted by Gasteiger charge is 2.47. The van der Waals surface area contributed by atoms with E-state index in [0.29, 0.717) is 16.8 Å². The average molecular weight is 239 g/mol. The van der Waals surface area contributed by atoms with Gasteiger partial charge in [-0.3, -0.25) is 4.79 Å². The number of aryl methyl sites for hydroxylation is 1. The Bertz CT molecular complexity index is 636. The number of aliphatic hydroxyl groups is 1. The molecule has 2 aromatic rings. The first-order chi connectivity index (χ1) is 8.64. The lowest BCUT2D eigenvalue weighted by atomic mass is 9.85. The molecular weight excluding hydrogens is 226 g/mol. The van der Waals surface area contributed by atoms with Crippen molar-refractivity contribution in [3.8, 4) is 0 Å². The van der Waals surface area contributed by atoms with Crippen molar-refractivity contribution >= 4 is 11.6 Å². The second-order valence-electron chi connectivity index (χ2n) is 4.53. The Morgan fingerprint density at radius 1 is 1.00 bits per heavy atom. The molecule has 1 aliphatic heterocycles. The van der Waals surface area contributed by atoms with E-state index in [1.165, 1.54) is 0 Å². The van der Waals surface area contributed by atoms with Gasteiger partial charge in [-0.05, 0) is 18.6 Å². The van der Waals surface area contributed by atoms with Gasteiger partial charge >= 0.3 is 0 Å². The van der Waals surface area contributed by atoms with Gasteiger partial charge in [-0.2, -0.15) is 0 Å². The Morgan fingerprint density at radius 3 is 2.33 bits per heavy atom. The van der Waals surface area contributed by atoms with Gasteiger partial charge in [-0.25, -0.2) is 0 Å². The van der Waals surface area contributed by atoms with Crippen LogP contribution in [0.5, 0.6) is 0 Å². The third kappa shape index (κ3) is 1.31. The zero-order valence-corrected chi connectivity index (χ0v) is 9.97. The first-order valence-electron chi connectivity index (χ1n) is 5.83. The SMILES string of the molecule is Cc1ccccc1[C@]1(O)C(=O)Nc2ccccc21. The first-order valence-corrected chi connectivity index (χ1v) is 5.83. The molecule has 1 aliphatic rings. The highest BCUT2D eigenvalue weighted by molar-refractivity contribution is 6.07. The summed E-state index contributed by atoms with van der Waals surface area (Å²) in [5, 5.41) is 13.6. The Kier molecular flexibility index (Phi) is 2.25. The number of benzene rings is 2. The molecule has 0 unspecified atom stereocenters. The summed E-state index contributed by atoms with van der Waals surface area (Å²) < 4.78 is 0. The minimum absolute atomic E-state index is 0.391. The van der Waals surface area contributed by atoms with Crippen molar-refractivity contribution in [2.45, 2.75) is 12.5 Å². The number of anilines is 1. The van der Waals surface area contributed by atoms with Crippen LogP contribution in [-0.2, 0) is 10.4 Å². The van der Waals surface area contributed by atoms with E-state index in [4.69, 9.17) is 0 Å². The molecule has 2 aromatic carbocycles. The number of nitrogens with one attached hydrogen (secondary N) is 1. The van der Waals surface area contributed by atoms with Crippen LogP contribution in [0.3, 0.4) is 0 Å². The zero-order valence-electron chi connectivity index (χ0n) is 9.97. The molecule has 0 spiro atoms. The summed E-state index contributed by atoms with van der Waals surface area (Å²) in [5.74, 6) is -0.391. The van der Waals surface area contributed by atoms with Gasteiger partial charge in [0.1, 0.15) is 0 Å². The number of carbonyl (C=O) groups excluding carboxylic acids is 1. The van der Waals surface area contributed by atoms with Gasteiger partial charge in [-0.15, -0.1) is 0 Å². The normalized spacial score (nSPS) is 21.6. The fraction of sp³-hybridized carbons (Fsp3) is 0.133. The zero-order chi connectivity index (χ0) is 12.8. The molecule has 0 bridgehead atoms. The van der Waals surface area contributed by atoms with Crippen molar-refractivity contribution in [3.63, 3.8) is 0 Å². The number of amides is 1. The predicted octanol–water partition coefficient (Wildman–Crippen LogP) is 2.18. The molecule has 1 heterocycles. The van der Waals surface area contributed by atoms with Crippen LogP contribution in [0.1, 0.15) is 16.7 Å². The molecule has 1 amide bonds. The summed E-state index contributed by atoms with van der Waals surface area (Å²) in [7, 11) is 0. The van der Waals surface area contributed by atoms with E-state index in [2.05, 4.69) is 5.32 Å². The lowest BCUT2D eigenvalue weighted by molar-refractivity contribution is -0.129. The maximum Gasteiger partial charge on any atom is 0.265 e. The summed E-state index contributed by atoms with van der Waals surface area (Å²) in [5.41, 5.74) is 1.24. The minimum Gasteiger partial charge on any atom is -0.372 e. The van der Waals surface area contributed by atoms with Crippen LogP contribution in [0, 0.1) is 6.92 Å². The van der Waals surface area contributed by atoms with Gasteiger partial charge in [0, 0.05) is 16.8 Å². The topological polar surface area (TPSA) is 49.3 Å². The standard InChI is InChI=1S/C15H13NO2/c1-10-6-2-3-7-11(10)15(18)12-8-4-5-9-13(12)16-14(15)17/h2-9,18H,1H3,(H,16,17)/t15-/m1/s1. The molecule has 0 fully saturated rings. The van der Waals surface area contributed by atoms with E-state index in [1.54, 1.807) is 18.2 Å². The van der Waals surface area contributed by atoms with Crippen molar-refractivity contribution in [2.75, 3.05) is 5.32 Å². The van der Waals surface area contributed by atoms with Crippen molar-refractivity contribution < 1.29 is 9.90 Å². The summed E-state index contributed by atoms with van der Waals surface area (Å²) in [6.45, 7) is 1.89. The molecule has 1 atom stereocenters. The van der Waals surface area contributed by atoms with E-state index in [9.17, 15) is 9.90 Å². The van der Waals surface area contributed by atoms with Crippen LogP contribution >= 0.6 is 0 Å². The van der Waals surface area contributed by atoms with E-state index in [-0.39, 0.29) is 0 Å². The van der Waals surface area contributed by atoms with Crippen molar-refractivity contribution in [2.24, 2.45) is 0 Å². The predicted molar refractivity (Wildman–Crippen MR) is 69.2 cm³/mol. The van der Waals surface area contributed by atoms with Gasteiger partial charge < -0.3 is 10.4 Å². The third-order valence-electron chi connectivity index (χ3n) is 3.43. The second-order valence-corrected chi connectivity index (χ2v) is 4.53. The molecule has 18 heavy (non-hydrogen) atoms. The molecule has 0 radical (unpaired) electrons. The fourth-order valence-electron chi connectivity index (χ4n) is 2.49. The van der Waals surface area contributed by atoms with E-state index in [1.807, 2.05) is 37.3 Å². The van der Waals surface area contributed by atoms with Crippen molar-refractivity contribution in [1.29, 1.82) is 0 Å². The summed E-state index contributed by atoms with van der Waals surface area (Å²) in [6.07, 6.45) is 0. The molecule has 0 saturated heterocycles. The van der Waals surface area contributed by atoms with E-state index >= 15 is 0 Å². The fourth-order valence-corrected chi connectivity index (χ4v) is 2.49. The molecule has 2 N–H and O–H groups in total. The van der Waals surface area contributed by atoms with Crippen molar-refractivity contribution in [3.05, 3.63) is 65.2 Å². The maximum atomic E-state index is 12.1. The van der Waals surface area contributed by atoms with Crippen LogP contribution in [0.15, 0.2) is 48.5 Å². The molecule has 90 valence electrons. The molecule has 0 aliphatic carbocycles. The number of rotatable bonds is 1. The highest BCUT2D eigenvalue weighted by atomic mass is 16.3. The summed E-state index contributed by atoms with van der Waals surface area (Å²) in [6, 6.07) is 14.6. The van der Waals surface area contributed by atoms with Gasteiger partial charge in [0.2, 0.25) is 0 Å². The highest BCUT2D eigenvalue weighted by Crippen LogP contribution is 2.41. The Morgan fingerprint density at radius 2 is 1.61 bits per heavy atom. The Labute approximate surface area is 105 Å². The van der Waals surface area contributed by atoms with Crippen LogP contribution in [0.4, 0.5) is 5.69 Å². The van der Waals surface area contributed by atoms with Crippen LogP contribution in [0.25, 0.3) is 0 Å². The van der Waals surface area contributed by atoms with Gasteiger partial charge in [-0.1, -0.05) is 42.5 Å². The molecule has 3 rings (SSSR count). The number of hydrogen-bond acceptors (Lipinski definition) is 2. The van der Waals surface area contributed by atoms with Crippen LogP contribution in [0.2, 0.25) is 0 Å². The number of carbonyl (C=O) groups is 1. The second kappa shape index (κ2) is 3.68. The Hall–Kier alpha value is -2.13. The molecule has 0 saturated carbocycles. The quantitative estimate of drug-likeness (QED) is 0.801. The lowest BCUT2D eigenvalue weighted by Crippen LogP contribution is -2.36. The first kappa shape index (κ1) is 11.0. The van der Waals surface area contributed by atoms with E-state index < -0.39 is 11.5 Å². The maximum absolute atomic E-state index is 12.1.